The molecule has 0 saturated carbocycles. The van der Waals surface area contributed by atoms with Crippen molar-refractivity contribution >= 4 is 27.5 Å². The summed E-state index contributed by atoms with van der Waals surface area (Å²) in [7, 11) is -4.52. The van der Waals surface area contributed by atoms with E-state index in [1.807, 2.05) is 0 Å². The maximum absolute atomic E-state index is 12.6. The molecule has 0 aliphatic rings. The second-order valence-corrected chi connectivity index (χ2v) is 6.24. The lowest BCUT2D eigenvalue weighted by atomic mass is 10.2. The van der Waals surface area contributed by atoms with Crippen molar-refractivity contribution < 1.29 is 30.8 Å². The van der Waals surface area contributed by atoms with E-state index in [0.29, 0.717) is 12.1 Å². The van der Waals surface area contributed by atoms with E-state index in [1.165, 1.54) is 18.4 Å². The molecular formula is C12H8ClF3N2O4S. The Morgan fingerprint density at radius 2 is 1.91 bits per heavy atom. The Morgan fingerprint density at radius 1 is 1.22 bits per heavy atom. The molecule has 11 heteroatoms. The number of rotatable bonds is 4. The Bertz CT molecular complexity index is 819. The van der Waals surface area contributed by atoms with Crippen LogP contribution in [0.4, 0.5) is 13.2 Å². The van der Waals surface area contributed by atoms with Gasteiger partial charge in [0.05, 0.1) is 16.8 Å². The van der Waals surface area contributed by atoms with Gasteiger partial charge in [0.2, 0.25) is 0 Å². The molecule has 0 aliphatic heterocycles. The molecule has 1 amide bonds. The fourth-order valence-corrected chi connectivity index (χ4v) is 2.89. The summed E-state index contributed by atoms with van der Waals surface area (Å²) in [5, 5.41) is -0.433. The minimum Gasteiger partial charge on any atom is -0.459 e. The van der Waals surface area contributed by atoms with Crippen molar-refractivity contribution in [2.24, 2.45) is 0 Å². The zero-order chi connectivity index (χ0) is 17.3. The van der Waals surface area contributed by atoms with E-state index in [4.69, 9.17) is 16.0 Å². The van der Waals surface area contributed by atoms with Crippen LogP contribution in [0.3, 0.4) is 0 Å². The van der Waals surface area contributed by atoms with Crippen LogP contribution >= 0.6 is 11.6 Å². The van der Waals surface area contributed by atoms with E-state index in [0.717, 1.165) is 6.07 Å². The number of amides is 1. The number of furan rings is 1. The zero-order valence-corrected chi connectivity index (χ0v) is 12.6. The van der Waals surface area contributed by atoms with E-state index in [1.54, 1.807) is 10.3 Å². The standard InChI is InChI=1S/C12H8ClF3N2O4S/c13-8-4-3-7(12(14,15)16)6-10(8)23(20,21)18-17-11(19)9-2-1-5-22-9/h1-6,18H,(H,17,19). The van der Waals surface area contributed by atoms with Crippen molar-refractivity contribution in [3.8, 4) is 0 Å². The van der Waals surface area contributed by atoms with Gasteiger partial charge in [-0.25, -0.2) is 8.42 Å². The number of nitrogens with one attached hydrogen (secondary N) is 2. The van der Waals surface area contributed by atoms with Crippen LogP contribution in [-0.2, 0) is 16.2 Å². The molecule has 2 N–H and O–H groups in total. The molecule has 0 radical (unpaired) electrons. The van der Waals surface area contributed by atoms with Crippen LogP contribution in [0.5, 0.6) is 0 Å². The summed E-state index contributed by atoms with van der Waals surface area (Å²) < 4.78 is 66.7. The number of hydrogen-bond acceptors (Lipinski definition) is 4. The van der Waals surface area contributed by atoms with Gasteiger partial charge in [0, 0.05) is 0 Å². The molecule has 1 aromatic carbocycles. The van der Waals surface area contributed by atoms with Crippen molar-refractivity contribution in [2.45, 2.75) is 11.1 Å². The molecule has 0 fully saturated rings. The van der Waals surface area contributed by atoms with Gasteiger partial charge in [-0.3, -0.25) is 10.2 Å². The number of carbonyl (C=O) groups is 1. The Balaban J connectivity index is 2.24. The maximum Gasteiger partial charge on any atom is 0.416 e. The van der Waals surface area contributed by atoms with Gasteiger partial charge in [-0.2, -0.15) is 13.2 Å². The summed E-state index contributed by atoms with van der Waals surface area (Å²) in [6.07, 6.45) is -3.56. The molecule has 2 aromatic rings. The molecule has 0 bridgehead atoms. The van der Waals surface area contributed by atoms with E-state index < -0.39 is 37.6 Å². The van der Waals surface area contributed by atoms with Crippen LogP contribution in [0, 0.1) is 0 Å². The summed E-state index contributed by atoms with van der Waals surface area (Å²) in [6, 6.07) is 4.47. The van der Waals surface area contributed by atoms with Crippen LogP contribution in [0.25, 0.3) is 0 Å². The summed E-state index contributed by atoms with van der Waals surface area (Å²) in [4.78, 5) is 12.4. The fourth-order valence-electron chi connectivity index (χ4n) is 1.52. The van der Waals surface area contributed by atoms with Gasteiger partial charge in [-0.05, 0) is 30.3 Å². The van der Waals surface area contributed by atoms with Crippen LogP contribution in [0.15, 0.2) is 45.9 Å². The molecular weight excluding hydrogens is 361 g/mol. The smallest absolute Gasteiger partial charge is 0.416 e. The van der Waals surface area contributed by atoms with Crippen molar-refractivity contribution in [3.63, 3.8) is 0 Å². The lowest BCUT2D eigenvalue weighted by Crippen LogP contribution is -2.41. The highest BCUT2D eigenvalue weighted by Crippen LogP contribution is 2.33. The fraction of sp³-hybridized carbons (Fsp3) is 0.0833. The number of benzene rings is 1. The quantitative estimate of drug-likeness (QED) is 0.812. The van der Waals surface area contributed by atoms with Crippen molar-refractivity contribution in [2.75, 3.05) is 0 Å². The summed E-state index contributed by atoms with van der Waals surface area (Å²) in [5.74, 6) is -1.12. The third kappa shape index (κ3) is 4.03. The molecule has 124 valence electrons. The number of halogens is 4. The molecule has 0 atom stereocenters. The Hall–Kier alpha value is -2.04. The van der Waals surface area contributed by atoms with Gasteiger partial charge in [-0.15, -0.1) is 4.83 Å². The van der Waals surface area contributed by atoms with Gasteiger partial charge < -0.3 is 4.42 Å². The predicted octanol–water partition coefficient (Wildman–Crippen LogP) is 2.58. The van der Waals surface area contributed by atoms with Crippen molar-refractivity contribution in [3.05, 3.63) is 52.9 Å². The average molecular weight is 369 g/mol. The number of carbonyl (C=O) groups excluding carboxylic acids is 1. The highest BCUT2D eigenvalue weighted by atomic mass is 35.5. The van der Waals surface area contributed by atoms with Crippen LogP contribution < -0.4 is 10.3 Å². The maximum atomic E-state index is 12.6. The second-order valence-electron chi connectivity index (χ2n) is 4.18. The van der Waals surface area contributed by atoms with Crippen molar-refractivity contribution in [1.29, 1.82) is 0 Å². The van der Waals surface area contributed by atoms with Crippen LogP contribution in [0.1, 0.15) is 16.1 Å². The Morgan fingerprint density at radius 3 is 2.48 bits per heavy atom. The van der Waals surface area contributed by atoms with Gasteiger partial charge in [0.1, 0.15) is 4.90 Å². The molecule has 6 nitrogen and oxygen atoms in total. The van der Waals surface area contributed by atoms with Crippen LogP contribution in [0.2, 0.25) is 5.02 Å². The first kappa shape index (κ1) is 17.3. The normalized spacial score (nSPS) is 12.2. The molecule has 0 spiro atoms. The van der Waals surface area contributed by atoms with E-state index in [-0.39, 0.29) is 5.76 Å². The molecule has 2 rings (SSSR count). The second kappa shape index (κ2) is 6.22. The van der Waals surface area contributed by atoms with Crippen LogP contribution in [-0.4, -0.2) is 14.3 Å². The SMILES string of the molecule is O=C(NNS(=O)(=O)c1cc(C(F)(F)F)ccc1Cl)c1ccco1. The van der Waals surface area contributed by atoms with Gasteiger partial charge in [0.25, 0.3) is 10.0 Å². The average Bonchev–Trinajstić information content (AvgIpc) is 2.98. The molecule has 23 heavy (non-hydrogen) atoms. The minimum atomic E-state index is -4.74. The Labute approximate surface area is 133 Å². The highest BCUT2D eigenvalue weighted by molar-refractivity contribution is 7.89. The lowest BCUT2D eigenvalue weighted by Gasteiger charge is -2.12. The Kier molecular flexibility index (Phi) is 4.68. The molecule has 0 unspecified atom stereocenters. The first-order chi connectivity index (χ1) is 10.6. The third-order valence-corrected chi connectivity index (χ3v) is 4.32. The molecule has 0 aliphatic carbocycles. The molecule has 1 aromatic heterocycles. The molecule has 0 saturated heterocycles. The number of sulfonamides is 1. The van der Waals surface area contributed by atoms with Gasteiger partial charge in [0.15, 0.2) is 5.76 Å². The lowest BCUT2D eigenvalue weighted by molar-refractivity contribution is -0.137. The number of hydrazine groups is 1. The largest absolute Gasteiger partial charge is 0.459 e. The summed E-state index contributed by atoms with van der Waals surface area (Å²) in [5.41, 5.74) is 0.604. The minimum absolute atomic E-state index is 0.192. The zero-order valence-electron chi connectivity index (χ0n) is 11.0. The van der Waals surface area contributed by atoms with E-state index in [9.17, 15) is 26.4 Å². The number of hydrogen-bond donors (Lipinski definition) is 2. The van der Waals surface area contributed by atoms with Gasteiger partial charge in [-0.1, -0.05) is 11.6 Å². The highest BCUT2D eigenvalue weighted by Gasteiger charge is 2.32. The number of alkyl halides is 3. The van der Waals surface area contributed by atoms with Gasteiger partial charge >= 0.3 is 12.1 Å². The third-order valence-electron chi connectivity index (χ3n) is 2.59. The molecule has 1 heterocycles. The predicted molar refractivity (Wildman–Crippen MR) is 72.9 cm³/mol. The monoisotopic (exact) mass is 368 g/mol. The van der Waals surface area contributed by atoms with E-state index in [2.05, 4.69) is 0 Å². The first-order valence-electron chi connectivity index (χ1n) is 5.83. The first-order valence-corrected chi connectivity index (χ1v) is 7.70. The van der Waals surface area contributed by atoms with Crippen molar-refractivity contribution in [1.82, 2.24) is 10.3 Å². The summed E-state index contributed by atoms with van der Waals surface area (Å²) in [6.45, 7) is 0. The summed E-state index contributed by atoms with van der Waals surface area (Å²) >= 11 is 5.63. The topological polar surface area (TPSA) is 88.4 Å². The van der Waals surface area contributed by atoms with E-state index >= 15 is 0 Å².